The highest BCUT2D eigenvalue weighted by Crippen LogP contribution is 2.07. The van der Waals surface area contributed by atoms with Gasteiger partial charge >= 0.3 is 5.97 Å². The molecule has 0 saturated heterocycles. The van der Waals surface area contributed by atoms with Crippen LogP contribution in [0.25, 0.3) is 0 Å². The van der Waals surface area contributed by atoms with Crippen LogP contribution in [0.4, 0.5) is 0 Å². The van der Waals surface area contributed by atoms with Crippen LogP contribution in [0, 0.1) is 0 Å². The van der Waals surface area contributed by atoms with E-state index in [1.54, 1.807) is 0 Å². The maximum atomic E-state index is 11.2. The molecule has 1 aromatic rings. The molecule has 4 heteroatoms. The Hall–Kier alpha value is -1.55. The molecule has 88 valence electrons. The zero-order chi connectivity index (χ0) is 11.8. The van der Waals surface area contributed by atoms with Gasteiger partial charge in [0.25, 0.3) is 0 Å². The Labute approximate surface area is 95.3 Å². The summed E-state index contributed by atoms with van der Waals surface area (Å²) in [7, 11) is 0. The van der Waals surface area contributed by atoms with Crippen molar-refractivity contribution >= 4 is 5.97 Å². The molecular weight excluding hydrogens is 206 g/mol. The minimum atomic E-state index is -0.531. The van der Waals surface area contributed by atoms with Gasteiger partial charge in [0.2, 0.25) is 0 Å². The second kappa shape index (κ2) is 6.85. The summed E-state index contributed by atoms with van der Waals surface area (Å²) in [6.07, 6.45) is 0.582. The Morgan fingerprint density at radius 2 is 2.00 bits per heavy atom. The number of para-hydroxylation sites is 1. The summed E-state index contributed by atoms with van der Waals surface area (Å²) >= 11 is 0. The van der Waals surface area contributed by atoms with Crippen LogP contribution in [0.5, 0.6) is 5.75 Å². The van der Waals surface area contributed by atoms with Crippen molar-refractivity contribution in [3.63, 3.8) is 0 Å². The van der Waals surface area contributed by atoms with E-state index in [4.69, 9.17) is 15.2 Å². The lowest BCUT2D eigenvalue weighted by molar-refractivity contribution is -0.146. The quantitative estimate of drug-likeness (QED) is 0.584. The predicted molar refractivity (Wildman–Crippen MR) is 61.2 cm³/mol. The van der Waals surface area contributed by atoms with Gasteiger partial charge < -0.3 is 15.2 Å². The van der Waals surface area contributed by atoms with Gasteiger partial charge in [-0.15, -0.1) is 0 Å². The van der Waals surface area contributed by atoms with Gasteiger partial charge in [0, 0.05) is 0 Å². The fourth-order valence-corrected chi connectivity index (χ4v) is 1.09. The van der Waals surface area contributed by atoms with Crippen LogP contribution < -0.4 is 10.5 Å². The van der Waals surface area contributed by atoms with Crippen LogP contribution in [0.2, 0.25) is 0 Å². The zero-order valence-electron chi connectivity index (χ0n) is 9.39. The largest absolute Gasteiger partial charge is 0.490 e. The van der Waals surface area contributed by atoms with E-state index in [2.05, 4.69) is 0 Å². The highest BCUT2D eigenvalue weighted by atomic mass is 16.6. The van der Waals surface area contributed by atoms with Crippen molar-refractivity contribution in [2.75, 3.05) is 13.2 Å². The fourth-order valence-electron chi connectivity index (χ4n) is 1.09. The summed E-state index contributed by atoms with van der Waals surface area (Å²) in [5.74, 6) is 0.387. The summed E-state index contributed by atoms with van der Waals surface area (Å²) in [6.45, 7) is 2.40. The number of hydrogen-bond acceptors (Lipinski definition) is 4. The van der Waals surface area contributed by atoms with Gasteiger partial charge in [-0.3, -0.25) is 4.79 Å². The first kappa shape index (κ1) is 12.5. The minimum absolute atomic E-state index is 0.224. The lowest BCUT2D eigenvalue weighted by Crippen LogP contribution is -2.32. The molecular formula is C12H17NO3. The molecule has 1 rings (SSSR count). The average molecular weight is 223 g/mol. The molecule has 0 aliphatic rings. The third-order valence-electron chi connectivity index (χ3n) is 2.08. The summed E-state index contributed by atoms with van der Waals surface area (Å²) in [5, 5.41) is 0. The third kappa shape index (κ3) is 4.31. The molecule has 0 radical (unpaired) electrons. The first-order chi connectivity index (χ1) is 7.74. The molecule has 0 heterocycles. The van der Waals surface area contributed by atoms with Crippen LogP contribution >= 0.6 is 0 Å². The summed E-state index contributed by atoms with van der Waals surface area (Å²) in [5.41, 5.74) is 5.49. The van der Waals surface area contributed by atoms with E-state index in [0.717, 1.165) is 5.75 Å². The van der Waals surface area contributed by atoms with Gasteiger partial charge in [-0.25, -0.2) is 0 Å². The Balaban J connectivity index is 2.15. The molecule has 0 aromatic heterocycles. The maximum Gasteiger partial charge on any atom is 0.323 e. The monoisotopic (exact) mass is 223 g/mol. The van der Waals surface area contributed by atoms with Crippen molar-refractivity contribution in [3.05, 3.63) is 30.3 Å². The summed E-state index contributed by atoms with van der Waals surface area (Å²) < 4.78 is 10.3. The van der Waals surface area contributed by atoms with Crippen molar-refractivity contribution < 1.29 is 14.3 Å². The van der Waals surface area contributed by atoms with Crippen molar-refractivity contribution in [2.45, 2.75) is 19.4 Å². The average Bonchev–Trinajstić information content (AvgIpc) is 2.34. The first-order valence-corrected chi connectivity index (χ1v) is 5.34. The number of ether oxygens (including phenoxy) is 2. The Morgan fingerprint density at radius 1 is 1.31 bits per heavy atom. The lowest BCUT2D eigenvalue weighted by atomic mass is 10.2. The van der Waals surface area contributed by atoms with E-state index >= 15 is 0 Å². The number of hydrogen-bond donors (Lipinski definition) is 1. The van der Waals surface area contributed by atoms with Gasteiger partial charge in [0.1, 0.15) is 25.0 Å². The summed E-state index contributed by atoms with van der Waals surface area (Å²) in [4.78, 5) is 11.2. The van der Waals surface area contributed by atoms with Crippen LogP contribution in [0.1, 0.15) is 13.3 Å². The predicted octanol–water partition coefficient (Wildman–Crippen LogP) is 1.35. The topological polar surface area (TPSA) is 61.6 Å². The van der Waals surface area contributed by atoms with E-state index in [-0.39, 0.29) is 12.6 Å². The molecule has 16 heavy (non-hydrogen) atoms. The van der Waals surface area contributed by atoms with E-state index in [0.29, 0.717) is 13.0 Å². The van der Waals surface area contributed by atoms with Crippen molar-refractivity contribution in [1.29, 1.82) is 0 Å². The normalized spacial score (nSPS) is 11.9. The van der Waals surface area contributed by atoms with Crippen LogP contribution in [0.3, 0.4) is 0 Å². The molecule has 2 N–H and O–H groups in total. The lowest BCUT2D eigenvalue weighted by Gasteiger charge is -2.10. The zero-order valence-corrected chi connectivity index (χ0v) is 9.39. The summed E-state index contributed by atoms with van der Waals surface area (Å²) in [6, 6.07) is 8.84. The molecule has 0 fully saturated rings. The first-order valence-electron chi connectivity index (χ1n) is 5.34. The van der Waals surface area contributed by atoms with E-state index in [1.807, 2.05) is 37.3 Å². The Kier molecular flexibility index (Phi) is 5.36. The minimum Gasteiger partial charge on any atom is -0.490 e. The smallest absolute Gasteiger partial charge is 0.323 e. The standard InChI is InChI=1S/C12H17NO3/c1-2-11(13)12(14)16-9-8-15-10-6-4-3-5-7-10/h3-7,11H,2,8-9,13H2,1H3/t11-/m0/s1. The molecule has 0 aliphatic heterocycles. The van der Waals surface area contributed by atoms with E-state index in [1.165, 1.54) is 0 Å². The van der Waals surface area contributed by atoms with Crippen LogP contribution in [-0.4, -0.2) is 25.2 Å². The number of carbonyl (C=O) groups excluding carboxylic acids is 1. The Bertz CT molecular complexity index is 313. The third-order valence-corrected chi connectivity index (χ3v) is 2.08. The molecule has 0 spiro atoms. The highest BCUT2D eigenvalue weighted by Gasteiger charge is 2.11. The number of benzene rings is 1. The van der Waals surface area contributed by atoms with Crippen LogP contribution in [0.15, 0.2) is 30.3 Å². The number of carbonyl (C=O) groups is 1. The SMILES string of the molecule is CC[C@H](N)C(=O)OCCOc1ccccc1. The fraction of sp³-hybridized carbons (Fsp3) is 0.417. The van der Waals surface area contributed by atoms with Gasteiger partial charge in [0.05, 0.1) is 0 Å². The molecule has 4 nitrogen and oxygen atoms in total. The highest BCUT2D eigenvalue weighted by molar-refractivity contribution is 5.75. The molecule has 0 unspecified atom stereocenters. The molecule has 0 aliphatic carbocycles. The second-order valence-corrected chi connectivity index (χ2v) is 3.34. The molecule has 1 atom stereocenters. The number of nitrogens with two attached hydrogens (primary N) is 1. The van der Waals surface area contributed by atoms with Crippen LogP contribution in [-0.2, 0) is 9.53 Å². The maximum absolute atomic E-state index is 11.2. The molecule has 0 bridgehead atoms. The molecule has 0 amide bonds. The van der Waals surface area contributed by atoms with Gasteiger partial charge in [-0.05, 0) is 18.6 Å². The Morgan fingerprint density at radius 3 is 2.62 bits per heavy atom. The van der Waals surface area contributed by atoms with E-state index < -0.39 is 6.04 Å². The number of rotatable bonds is 6. The number of esters is 1. The van der Waals surface area contributed by atoms with Gasteiger partial charge in [0.15, 0.2) is 0 Å². The van der Waals surface area contributed by atoms with Crippen molar-refractivity contribution in [3.8, 4) is 5.75 Å². The van der Waals surface area contributed by atoms with Gasteiger partial charge in [-0.2, -0.15) is 0 Å². The van der Waals surface area contributed by atoms with Crippen molar-refractivity contribution in [1.82, 2.24) is 0 Å². The molecule has 0 saturated carbocycles. The second-order valence-electron chi connectivity index (χ2n) is 3.34. The molecule has 1 aromatic carbocycles. The van der Waals surface area contributed by atoms with Gasteiger partial charge in [-0.1, -0.05) is 25.1 Å². The van der Waals surface area contributed by atoms with Crippen molar-refractivity contribution in [2.24, 2.45) is 5.73 Å². The van der Waals surface area contributed by atoms with E-state index in [9.17, 15) is 4.79 Å².